The number of methoxy groups -OCH3 is 1. The molecule has 4 heteroatoms. The van der Waals surface area contributed by atoms with Crippen molar-refractivity contribution in [3.05, 3.63) is 107 Å². The third-order valence-electron chi connectivity index (χ3n) is 5.36. The van der Waals surface area contributed by atoms with Crippen molar-refractivity contribution in [1.82, 2.24) is 9.47 Å². The van der Waals surface area contributed by atoms with Crippen LogP contribution >= 0.6 is 0 Å². The molecule has 0 spiro atoms. The van der Waals surface area contributed by atoms with Gasteiger partial charge in [-0.15, -0.1) is 0 Å². The first-order valence-corrected chi connectivity index (χ1v) is 9.67. The molecular formula is C24H28N2O2. The van der Waals surface area contributed by atoms with Gasteiger partial charge in [0.2, 0.25) is 0 Å². The Morgan fingerprint density at radius 3 is 1.79 bits per heavy atom. The van der Waals surface area contributed by atoms with Gasteiger partial charge in [0, 0.05) is 38.0 Å². The molecule has 1 heterocycles. The molecule has 0 bridgehead atoms. The summed E-state index contributed by atoms with van der Waals surface area (Å²) in [6, 6.07) is 26.4. The van der Waals surface area contributed by atoms with Gasteiger partial charge in [0.15, 0.2) is 0 Å². The highest BCUT2D eigenvalue weighted by atomic mass is 16.5. The van der Waals surface area contributed by atoms with E-state index in [1.54, 1.807) is 30.0 Å². The van der Waals surface area contributed by atoms with E-state index in [4.69, 9.17) is 4.74 Å². The summed E-state index contributed by atoms with van der Waals surface area (Å²) in [6.45, 7) is 5.00. The van der Waals surface area contributed by atoms with E-state index in [1.807, 2.05) is 18.2 Å². The zero-order valence-corrected chi connectivity index (χ0v) is 16.7. The van der Waals surface area contributed by atoms with Gasteiger partial charge in [-0.05, 0) is 31.0 Å². The third kappa shape index (κ3) is 4.58. The molecule has 0 fully saturated rings. The highest BCUT2D eigenvalue weighted by Crippen LogP contribution is 2.31. The lowest BCUT2D eigenvalue weighted by molar-refractivity contribution is -0.0121. The Morgan fingerprint density at radius 1 is 0.821 bits per heavy atom. The number of aromatic nitrogens is 1. The Hall–Kier alpha value is -2.69. The van der Waals surface area contributed by atoms with Gasteiger partial charge in [-0.2, -0.15) is 0 Å². The van der Waals surface area contributed by atoms with Crippen molar-refractivity contribution in [2.75, 3.05) is 13.7 Å². The minimum atomic E-state index is -0.369. The first kappa shape index (κ1) is 20.1. The van der Waals surface area contributed by atoms with Gasteiger partial charge in [-0.3, -0.25) is 14.3 Å². The van der Waals surface area contributed by atoms with Crippen molar-refractivity contribution in [2.24, 2.45) is 0 Å². The average Bonchev–Trinajstić information content (AvgIpc) is 2.76. The van der Waals surface area contributed by atoms with Gasteiger partial charge in [-0.1, -0.05) is 66.7 Å². The molecule has 28 heavy (non-hydrogen) atoms. The molecule has 0 aliphatic carbocycles. The van der Waals surface area contributed by atoms with E-state index in [2.05, 4.69) is 67.3 Å². The SMILES string of the molecule is COC(CN([C@H](C)c1ccccc1)[C@H](C)c1ccccc1)n1ccccc1=O. The summed E-state index contributed by atoms with van der Waals surface area (Å²) < 4.78 is 7.40. The number of nitrogens with zero attached hydrogens (tertiary/aromatic N) is 2. The zero-order valence-electron chi connectivity index (χ0n) is 16.7. The molecular weight excluding hydrogens is 348 g/mol. The van der Waals surface area contributed by atoms with Gasteiger partial charge in [-0.25, -0.2) is 0 Å². The number of ether oxygens (including phenoxy) is 1. The third-order valence-corrected chi connectivity index (χ3v) is 5.36. The molecule has 3 aromatic rings. The number of pyridine rings is 1. The quantitative estimate of drug-likeness (QED) is 0.565. The van der Waals surface area contributed by atoms with Crippen LogP contribution in [0.5, 0.6) is 0 Å². The summed E-state index contributed by atoms with van der Waals surface area (Å²) in [5.74, 6) is 0. The zero-order chi connectivity index (χ0) is 19.9. The summed E-state index contributed by atoms with van der Waals surface area (Å²) in [4.78, 5) is 14.7. The van der Waals surface area contributed by atoms with Crippen LogP contribution in [0.3, 0.4) is 0 Å². The Labute approximate surface area is 167 Å². The minimum Gasteiger partial charge on any atom is -0.360 e. The van der Waals surface area contributed by atoms with Crippen molar-refractivity contribution in [1.29, 1.82) is 0 Å². The number of hydrogen-bond donors (Lipinski definition) is 0. The molecule has 0 aliphatic heterocycles. The predicted molar refractivity (Wildman–Crippen MR) is 113 cm³/mol. The van der Waals surface area contributed by atoms with Crippen LogP contribution in [-0.2, 0) is 4.74 Å². The number of benzene rings is 2. The topological polar surface area (TPSA) is 34.5 Å². The van der Waals surface area contributed by atoms with Crippen LogP contribution in [0, 0.1) is 0 Å². The Balaban J connectivity index is 1.95. The van der Waals surface area contributed by atoms with Crippen molar-refractivity contribution >= 4 is 0 Å². The van der Waals surface area contributed by atoms with Crippen LogP contribution in [0.25, 0.3) is 0 Å². The maximum absolute atomic E-state index is 12.3. The fourth-order valence-corrected chi connectivity index (χ4v) is 3.63. The van der Waals surface area contributed by atoms with E-state index >= 15 is 0 Å². The summed E-state index contributed by atoms with van der Waals surface area (Å²) in [5, 5.41) is 0. The van der Waals surface area contributed by atoms with E-state index in [-0.39, 0.29) is 23.9 Å². The Bertz CT molecular complexity index is 863. The second-order valence-electron chi connectivity index (χ2n) is 7.01. The molecule has 0 N–H and O–H groups in total. The van der Waals surface area contributed by atoms with Crippen molar-refractivity contribution in [3.63, 3.8) is 0 Å². The van der Waals surface area contributed by atoms with Gasteiger partial charge >= 0.3 is 0 Å². The highest BCUT2D eigenvalue weighted by molar-refractivity contribution is 5.22. The summed E-state index contributed by atoms with van der Waals surface area (Å²) in [5.41, 5.74) is 2.41. The lowest BCUT2D eigenvalue weighted by atomic mass is 10.0. The molecule has 4 nitrogen and oxygen atoms in total. The average molecular weight is 377 g/mol. The van der Waals surface area contributed by atoms with E-state index < -0.39 is 0 Å². The van der Waals surface area contributed by atoms with Crippen LogP contribution in [0.2, 0.25) is 0 Å². The summed E-state index contributed by atoms with van der Waals surface area (Å²) in [6.07, 6.45) is 1.42. The molecule has 1 unspecified atom stereocenters. The van der Waals surface area contributed by atoms with Crippen LogP contribution in [0.4, 0.5) is 0 Å². The molecule has 0 saturated heterocycles. The molecule has 2 aromatic carbocycles. The standard InChI is InChI=1S/C24H28N2O2/c1-19(21-12-6-4-7-13-21)26(20(2)22-14-8-5-9-15-22)18-24(28-3)25-17-11-10-16-23(25)27/h4-17,19-20,24H,18H2,1-3H3/t19-,20-,24?/m1/s1. The van der Waals surface area contributed by atoms with Crippen molar-refractivity contribution in [2.45, 2.75) is 32.2 Å². The van der Waals surface area contributed by atoms with Gasteiger partial charge in [0.1, 0.15) is 6.23 Å². The summed E-state index contributed by atoms with van der Waals surface area (Å²) >= 11 is 0. The second kappa shape index (κ2) is 9.49. The molecule has 146 valence electrons. The van der Waals surface area contributed by atoms with Crippen LogP contribution in [0.1, 0.15) is 43.3 Å². The molecule has 3 atom stereocenters. The normalized spacial score (nSPS) is 14.6. The van der Waals surface area contributed by atoms with Crippen LogP contribution < -0.4 is 5.56 Å². The van der Waals surface area contributed by atoms with E-state index in [0.717, 1.165) is 0 Å². The minimum absolute atomic E-state index is 0.0611. The molecule has 0 saturated carbocycles. The first-order chi connectivity index (χ1) is 13.6. The summed E-state index contributed by atoms with van der Waals surface area (Å²) in [7, 11) is 1.66. The number of rotatable bonds is 8. The fraction of sp³-hybridized carbons (Fsp3) is 0.292. The Kier molecular flexibility index (Phi) is 6.80. The molecule has 0 aliphatic rings. The lowest BCUT2D eigenvalue weighted by Crippen LogP contribution is -2.38. The van der Waals surface area contributed by atoms with Crippen molar-refractivity contribution in [3.8, 4) is 0 Å². The van der Waals surface area contributed by atoms with Gasteiger partial charge < -0.3 is 4.74 Å². The molecule has 3 rings (SSSR count). The fourth-order valence-electron chi connectivity index (χ4n) is 3.63. The van der Waals surface area contributed by atoms with Gasteiger partial charge in [0.05, 0.1) is 0 Å². The van der Waals surface area contributed by atoms with E-state index in [0.29, 0.717) is 6.54 Å². The molecule has 0 amide bonds. The number of hydrogen-bond acceptors (Lipinski definition) is 3. The molecule has 1 aromatic heterocycles. The second-order valence-corrected chi connectivity index (χ2v) is 7.01. The van der Waals surface area contributed by atoms with E-state index in [9.17, 15) is 4.79 Å². The van der Waals surface area contributed by atoms with Crippen molar-refractivity contribution < 1.29 is 4.74 Å². The van der Waals surface area contributed by atoms with Gasteiger partial charge in [0.25, 0.3) is 5.56 Å². The largest absolute Gasteiger partial charge is 0.360 e. The maximum Gasteiger partial charge on any atom is 0.252 e. The Morgan fingerprint density at radius 2 is 1.32 bits per heavy atom. The van der Waals surface area contributed by atoms with Crippen LogP contribution in [-0.4, -0.2) is 23.1 Å². The van der Waals surface area contributed by atoms with E-state index in [1.165, 1.54) is 11.1 Å². The monoisotopic (exact) mass is 376 g/mol. The first-order valence-electron chi connectivity index (χ1n) is 9.67. The highest BCUT2D eigenvalue weighted by Gasteiger charge is 2.26. The maximum atomic E-state index is 12.3. The molecule has 0 radical (unpaired) electrons. The van der Waals surface area contributed by atoms with Crippen LogP contribution in [0.15, 0.2) is 89.9 Å². The predicted octanol–water partition coefficient (Wildman–Crippen LogP) is 4.82. The smallest absolute Gasteiger partial charge is 0.252 e. The lowest BCUT2D eigenvalue weighted by Gasteiger charge is -2.37.